The van der Waals surface area contributed by atoms with Gasteiger partial charge in [0.05, 0.1) is 21.8 Å². The Bertz CT molecular complexity index is 1040. The molecule has 0 bridgehead atoms. The van der Waals surface area contributed by atoms with E-state index in [0.29, 0.717) is 22.8 Å². The van der Waals surface area contributed by atoms with Gasteiger partial charge >= 0.3 is 12.1 Å². The summed E-state index contributed by atoms with van der Waals surface area (Å²) in [5, 5.41) is 0.287. The van der Waals surface area contributed by atoms with Crippen LogP contribution >= 0.6 is 23.2 Å². The van der Waals surface area contributed by atoms with Gasteiger partial charge in [0.25, 0.3) is 0 Å². The molecule has 0 fully saturated rings. The minimum absolute atomic E-state index is 0.0849. The standard InChI is InChI=1S/C19H14Cl2F3NO2/c1-10-18(27-11(2)26)14-7-15(19(22,23)24)16(21)8-17(14)25(10)9-12-4-3-5-13(20)6-12/h3-8H,9H2,1-2H3. The molecule has 0 saturated heterocycles. The zero-order chi connectivity index (χ0) is 19.9. The van der Waals surface area contributed by atoms with E-state index in [1.807, 2.05) is 6.07 Å². The number of nitrogens with zero attached hydrogens (tertiary/aromatic N) is 1. The molecule has 27 heavy (non-hydrogen) atoms. The average Bonchev–Trinajstić information content (AvgIpc) is 2.78. The predicted octanol–water partition coefficient (Wildman–Crippen LogP) is 6.25. The molecule has 3 nitrogen and oxygen atoms in total. The topological polar surface area (TPSA) is 31.2 Å². The zero-order valence-electron chi connectivity index (χ0n) is 14.3. The Balaban J connectivity index is 2.25. The number of esters is 1. The van der Waals surface area contributed by atoms with Crippen molar-refractivity contribution in [2.45, 2.75) is 26.6 Å². The molecule has 3 aromatic rings. The van der Waals surface area contributed by atoms with E-state index >= 15 is 0 Å². The van der Waals surface area contributed by atoms with Gasteiger partial charge in [-0.05, 0) is 36.8 Å². The van der Waals surface area contributed by atoms with Crippen molar-refractivity contribution in [1.82, 2.24) is 4.57 Å². The van der Waals surface area contributed by atoms with Crippen LogP contribution in [-0.4, -0.2) is 10.5 Å². The second kappa shape index (κ2) is 7.09. The van der Waals surface area contributed by atoms with Crippen molar-refractivity contribution in [3.05, 3.63) is 63.3 Å². The van der Waals surface area contributed by atoms with E-state index in [2.05, 4.69) is 0 Å². The Morgan fingerprint density at radius 3 is 2.48 bits per heavy atom. The van der Waals surface area contributed by atoms with Crippen molar-refractivity contribution in [3.63, 3.8) is 0 Å². The molecule has 0 saturated carbocycles. The average molecular weight is 416 g/mol. The van der Waals surface area contributed by atoms with E-state index < -0.39 is 22.7 Å². The van der Waals surface area contributed by atoms with Crippen molar-refractivity contribution in [2.75, 3.05) is 0 Å². The summed E-state index contributed by atoms with van der Waals surface area (Å²) in [7, 11) is 0. The van der Waals surface area contributed by atoms with Crippen LogP contribution in [0.3, 0.4) is 0 Å². The molecule has 0 aliphatic carbocycles. The first-order valence-corrected chi connectivity index (χ1v) is 8.66. The predicted molar refractivity (Wildman–Crippen MR) is 98.6 cm³/mol. The molecule has 0 amide bonds. The lowest BCUT2D eigenvalue weighted by molar-refractivity contribution is -0.137. The minimum atomic E-state index is -4.62. The molecule has 0 aliphatic rings. The molecule has 2 aromatic carbocycles. The van der Waals surface area contributed by atoms with E-state index in [4.69, 9.17) is 27.9 Å². The SMILES string of the molecule is CC(=O)Oc1c(C)n(Cc2cccc(Cl)c2)c2cc(Cl)c(C(F)(F)F)cc12. The molecule has 1 aromatic heterocycles. The molecule has 0 radical (unpaired) electrons. The second-order valence-corrected chi connectivity index (χ2v) is 6.91. The highest BCUT2D eigenvalue weighted by molar-refractivity contribution is 6.32. The fraction of sp³-hybridized carbons (Fsp3) is 0.211. The van der Waals surface area contributed by atoms with Gasteiger partial charge in [-0.3, -0.25) is 4.79 Å². The number of hydrogen-bond acceptors (Lipinski definition) is 2. The van der Waals surface area contributed by atoms with Gasteiger partial charge in [0.15, 0.2) is 5.75 Å². The molecule has 0 spiro atoms. The van der Waals surface area contributed by atoms with Gasteiger partial charge in [-0.1, -0.05) is 35.3 Å². The van der Waals surface area contributed by atoms with Crippen LogP contribution in [0.5, 0.6) is 5.75 Å². The molecular weight excluding hydrogens is 402 g/mol. The van der Waals surface area contributed by atoms with Gasteiger partial charge in [0, 0.05) is 23.9 Å². The third kappa shape index (κ3) is 3.92. The highest BCUT2D eigenvalue weighted by atomic mass is 35.5. The van der Waals surface area contributed by atoms with Crippen molar-refractivity contribution < 1.29 is 22.7 Å². The molecule has 142 valence electrons. The summed E-state index contributed by atoms with van der Waals surface area (Å²) in [4.78, 5) is 11.5. The molecule has 8 heteroatoms. The quantitative estimate of drug-likeness (QED) is 0.473. The molecule has 0 aliphatic heterocycles. The van der Waals surface area contributed by atoms with Crippen LogP contribution in [0.4, 0.5) is 13.2 Å². The lowest BCUT2D eigenvalue weighted by Crippen LogP contribution is -2.06. The van der Waals surface area contributed by atoms with Gasteiger partial charge in [-0.2, -0.15) is 13.2 Å². The van der Waals surface area contributed by atoms with Crippen molar-refractivity contribution in [1.29, 1.82) is 0 Å². The number of alkyl halides is 3. The Morgan fingerprint density at radius 1 is 1.19 bits per heavy atom. The maximum Gasteiger partial charge on any atom is 0.417 e. The summed E-state index contributed by atoms with van der Waals surface area (Å²) in [5.74, 6) is -0.537. The third-order valence-electron chi connectivity index (χ3n) is 4.14. The molecule has 0 atom stereocenters. The number of halogens is 5. The van der Waals surface area contributed by atoms with Gasteiger partial charge in [0.2, 0.25) is 0 Å². The zero-order valence-corrected chi connectivity index (χ0v) is 15.8. The first-order valence-electron chi connectivity index (χ1n) is 7.90. The van der Waals surface area contributed by atoms with Crippen molar-refractivity contribution in [2.24, 2.45) is 0 Å². The number of aromatic nitrogens is 1. The number of ether oxygens (including phenoxy) is 1. The van der Waals surface area contributed by atoms with Crippen molar-refractivity contribution in [3.8, 4) is 5.75 Å². The molecule has 1 heterocycles. The highest BCUT2D eigenvalue weighted by Gasteiger charge is 2.34. The third-order valence-corrected chi connectivity index (χ3v) is 4.68. The first-order chi connectivity index (χ1) is 12.6. The maximum atomic E-state index is 13.3. The Morgan fingerprint density at radius 2 is 1.89 bits per heavy atom. The lowest BCUT2D eigenvalue weighted by Gasteiger charge is -2.11. The van der Waals surface area contributed by atoms with E-state index in [-0.39, 0.29) is 11.1 Å². The Labute approximate surface area is 163 Å². The van der Waals surface area contributed by atoms with E-state index in [1.54, 1.807) is 29.7 Å². The van der Waals surface area contributed by atoms with E-state index in [9.17, 15) is 18.0 Å². The fourth-order valence-electron chi connectivity index (χ4n) is 2.98. The molecule has 3 rings (SSSR count). The summed E-state index contributed by atoms with van der Waals surface area (Å²) in [5.41, 5.74) is 0.801. The second-order valence-electron chi connectivity index (χ2n) is 6.07. The number of hydrogen-bond donors (Lipinski definition) is 0. The maximum absolute atomic E-state index is 13.3. The molecule has 0 unspecified atom stereocenters. The number of carbonyl (C=O) groups is 1. The molecule has 0 N–H and O–H groups in total. The number of benzene rings is 2. The van der Waals surface area contributed by atoms with Crippen LogP contribution in [0.1, 0.15) is 23.7 Å². The molecular formula is C19H14Cl2F3NO2. The van der Waals surface area contributed by atoms with Crippen molar-refractivity contribution >= 4 is 40.1 Å². The smallest absolute Gasteiger partial charge is 0.417 e. The number of fused-ring (bicyclic) bond motifs is 1. The lowest BCUT2D eigenvalue weighted by atomic mass is 10.1. The van der Waals surface area contributed by atoms with E-state index in [0.717, 1.165) is 11.6 Å². The Kier molecular flexibility index (Phi) is 5.14. The highest BCUT2D eigenvalue weighted by Crippen LogP contribution is 2.42. The van der Waals surface area contributed by atoms with Gasteiger partial charge in [-0.15, -0.1) is 0 Å². The van der Waals surface area contributed by atoms with Gasteiger partial charge in [-0.25, -0.2) is 0 Å². The van der Waals surface area contributed by atoms with Crippen LogP contribution in [-0.2, 0) is 17.5 Å². The minimum Gasteiger partial charge on any atom is -0.424 e. The first kappa shape index (κ1) is 19.6. The van der Waals surface area contributed by atoms with Crippen LogP contribution in [0.2, 0.25) is 10.0 Å². The summed E-state index contributed by atoms with van der Waals surface area (Å²) in [6, 6.07) is 9.25. The number of rotatable bonds is 3. The van der Waals surface area contributed by atoms with E-state index in [1.165, 1.54) is 13.0 Å². The van der Waals surface area contributed by atoms with Crippen LogP contribution in [0.25, 0.3) is 10.9 Å². The van der Waals surface area contributed by atoms with Crippen LogP contribution in [0, 0.1) is 6.92 Å². The summed E-state index contributed by atoms with van der Waals surface area (Å²) in [6.07, 6.45) is -4.62. The number of carbonyl (C=O) groups excluding carboxylic acids is 1. The monoisotopic (exact) mass is 415 g/mol. The van der Waals surface area contributed by atoms with Crippen LogP contribution in [0.15, 0.2) is 36.4 Å². The summed E-state index contributed by atoms with van der Waals surface area (Å²) >= 11 is 11.9. The fourth-order valence-corrected chi connectivity index (χ4v) is 3.46. The summed E-state index contributed by atoms with van der Waals surface area (Å²) in [6.45, 7) is 3.19. The normalized spacial score (nSPS) is 11.8. The largest absolute Gasteiger partial charge is 0.424 e. The van der Waals surface area contributed by atoms with Crippen LogP contribution < -0.4 is 4.74 Å². The Hall–Kier alpha value is -2.18. The van der Waals surface area contributed by atoms with Gasteiger partial charge in [0.1, 0.15) is 0 Å². The van der Waals surface area contributed by atoms with Gasteiger partial charge < -0.3 is 9.30 Å². The summed E-state index contributed by atoms with van der Waals surface area (Å²) < 4.78 is 46.7.